The third-order valence-electron chi connectivity index (χ3n) is 5.55. The van der Waals surface area contributed by atoms with Gasteiger partial charge in [0.25, 0.3) is 0 Å². The number of hydrogen-bond donors (Lipinski definition) is 1. The third kappa shape index (κ3) is 7.16. The van der Waals surface area contributed by atoms with Crippen LogP contribution < -0.4 is 0 Å². The number of ether oxygens (including phenoxy) is 1. The fraction of sp³-hybridized carbons (Fsp3) is 0.583. The first-order valence-electron chi connectivity index (χ1n) is 11.3. The number of fused-ring (bicyclic) bond motifs is 1. The van der Waals surface area contributed by atoms with Crippen LogP contribution in [0.1, 0.15) is 55.5 Å². The lowest BCUT2D eigenvalue weighted by atomic mass is 9.99. The molecule has 0 aromatic carbocycles. The Hall–Kier alpha value is -2.22. The lowest BCUT2D eigenvalue weighted by Crippen LogP contribution is -2.33. The lowest BCUT2D eigenvalue weighted by Gasteiger charge is -2.29. The molecule has 0 saturated heterocycles. The number of nitrogens with zero attached hydrogens (tertiary/aromatic N) is 3. The van der Waals surface area contributed by atoms with Gasteiger partial charge >= 0.3 is 0 Å². The summed E-state index contributed by atoms with van der Waals surface area (Å²) in [5.74, 6) is 0.731. The topological polar surface area (TPSA) is 80.3 Å². The van der Waals surface area contributed by atoms with E-state index in [2.05, 4.69) is 30.0 Å². The van der Waals surface area contributed by atoms with Crippen LogP contribution in [0.15, 0.2) is 34.0 Å². The van der Waals surface area contributed by atoms with E-state index in [1.165, 1.54) is 22.5 Å². The maximum atomic E-state index is 9.93. The molecule has 7 nitrogen and oxygen atoms in total. The Bertz CT molecular complexity index is 836. The minimum atomic E-state index is -0.724. The van der Waals surface area contributed by atoms with Gasteiger partial charge in [0.15, 0.2) is 0 Å². The average molecular weight is 430 g/mol. The average Bonchev–Trinajstić information content (AvgIpc) is 3.30. The molecule has 1 aliphatic heterocycles. The van der Waals surface area contributed by atoms with E-state index in [0.29, 0.717) is 6.61 Å². The summed E-state index contributed by atoms with van der Waals surface area (Å²) in [4.78, 5) is 12.7. The van der Waals surface area contributed by atoms with Crippen LogP contribution >= 0.6 is 0 Å². The smallest absolute Gasteiger partial charge is 0.145 e. The number of pyridine rings is 1. The number of rotatable bonds is 12. The first-order valence-corrected chi connectivity index (χ1v) is 11.3. The molecule has 1 atom stereocenters. The summed E-state index contributed by atoms with van der Waals surface area (Å²) in [5.41, 5.74) is 6.18. The van der Waals surface area contributed by atoms with Crippen molar-refractivity contribution in [2.75, 3.05) is 26.3 Å². The Kier molecular flexibility index (Phi) is 9.06. The van der Waals surface area contributed by atoms with Crippen molar-refractivity contribution in [2.24, 2.45) is 5.16 Å². The summed E-state index contributed by atoms with van der Waals surface area (Å²) in [6.45, 7) is 9.86. The highest BCUT2D eigenvalue weighted by Gasteiger charge is 2.19. The quantitative estimate of drug-likeness (QED) is 0.411. The van der Waals surface area contributed by atoms with Crippen LogP contribution in [0.25, 0.3) is 0 Å². The number of oxime groups is 1. The maximum absolute atomic E-state index is 9.93. The highest BCUT2D eigenvalue weighted by molar-refractivity contribution is 5.81. The second-order valence-corrected chi connectivity index (χ2v) is 8.05. The van der Waals surface area contributed by atoms with Gasteiger partial charge in [0.05, 0.1) is 18.6 Å². The van der Waals surface area contributed by atoms with Crippen LogP contribution in [0.5, 0.6) is 0 Å². The molecule has 1 N–H and O–H groups in total. The first-order chi connectivity index (χ1) is 15.1. The molecule has 0 radical (unpaired) electrons. The number of aliphatic hydroxyl groups excluding tert-OH is 1. The highest BCUT2D eigenvalue weighted by atomic mass is 16.6. The number of aryl methyl sites for hydroxylation is 2. The van der Waals surface area contributed by atoms with Crippen LogP contribution in [0.4, 0.5) is 0 Å². The summed E-state index contributed by atoms with van der Waals surface area (Å²) in [6.07, 6.45) is 4.75. The van der Waals surface area contributed by atoms with Crippen LogP contribution in [0.2, 0.25) is 0 Å². The van der Waals surface area contributed by atoms with Gasteiger partial charge in [-0.3, -0.25) is 9.88 Å². The largest absolute Gasteiger partial charge is 0.467 e. The Labute approximate surface area is 185 Å². The van der Waals surface area contributed by atoms with Crippen LogP contribution in [0, 0.1) is 0 Å². The van der Waals surface area contributed by atoms with Crippen molar-refractivity contribution in [3.8, 4) is 0 Å². The summed E-state index contributed by atoms with van der Waals surface area (Å²) in [7, 11) is 0. The van der Waals surface area contributed by atoms with Gasteiger partial charge in [-0.25, -0.2) is 0 Å². The van der Waals surface area contributed by atoms with E-state index in [1.807, 2.05) is 13.0 Å². The van der Waals surface area contributed by atoms with Crippen molar-refractivity contribution in [3.63, 3.8) is 0 Å². The minimum Gasteiger partial charge on any atom is -0.467 e. The van der Waals surface area contributed by atoms with Crippen molar-refractivity contribution >= 4 is 5.71 Å². The number of aromatic nitrogens is 1. The minimum absolute atomic E-state index is 0.109. The van der Waals surface area contributed by atoms with Crippen LogP contribution in [-0.2, 0) is 42.0 Å². The van der Waals surface area contributed by atoms with Gasteiger partial charge in [-0.1, -0.05) is 25.1 Å². The maximum Gasteiger partial charge on any atom is 0.145 e. The second-order valence-electron chi connectivity index (χ2n) is 8.05. The molecule has 0 amide bonds. The Morgan fingerprint density at radius 1 is 1.32 bits per heavy atom. The van der Waals surface area contributed by atoms with Crippen molar-refractivity contribution in [1.82, 2.24) is 9.88 Å². The Morgan fingerprint density at radius 2 is 2.19 bits per heavy atom. The molecule has 2 aromatic heterocycles. The Morgan fingerprint density at radius 3 is 2.94 bits per heavy atom. The number of aliphatic hydroxyl groups is 1. The standard InChI is InChI=1S/C24H35N3O4/c1-4-19-13-20-14-27(11-9-24(20)25-23(19)5-2)10-8-18(3)26-31-16-21(28)15-29-17-22-7-6-12-30-22/h6-7,12-13,21,28H,4-5,8-11,14-17H2,1-3H3/b26-18+/t21-/m0/s1. The molecule has 0 bridgehead atoms. The zero-order valence-corrected chi connectivity index (χ0v) is 19.0. The molecule has 0 aliphatic carbocycles. The first kappa shape index (κ1) is 23.4. The third-order valence-corrected chi connectivity index (χ3v) is 5.55. The molecular formula is C24H35N3O4. The molecule has 7 heteroatoms. The van der Waals surface area contributed by atoms with E-state index in [-0.39, 0.29) is 13.2 Å². The molecule has 3 heterocycles. The van der Waals surface area contributed by atoms with E-state index in [0.717, 1.165) is 56.8 Å². The molecule has 3 rings (SSSR count). The zero-order valence-electron chi connectivity index (χ0n) is 19.0. The molecule has 0 fully saturated rings. The van der Waals surface area contributed by atoms with E-state index in [9.17, 15) is 5.11 Å². The predicted octanol–water partition coefficient (Wildman–Crippen LogP) is 3.52. The van der Waals surface area contributed by atoms with E-state index in [4.69, 9.17) is 19.0 Å². The molecule has 170 valence electrons. The van der Waals surface area contributed by atoms with Gasteiger partial charge < -0.3 is 19.1 Å². The van der Waals surface area contributed by atoms with Crippen molar-refractivity contribution in [2.45, 2.75) is 65.7 Å². The zero-order chi connectivity index (χ0) is 22.1. The van der Waals surface area contributed by atoms with E-state index in [1.54, 1.807) is 12.3 Å². The monoisotopic (exact) mass is 429 g/mol. The summed E-state index contributed by atoms with van der Waals surface area (Å²) >= 11 is 0. The molecule has 2 aromatic rings. The summed E-state index contributed by atoms with van der Waals surface area (Å²) in [6, 6.07) is 5.99. The second kappa shape index (κ2) is 12.0. The van der Waals surface area contributed by atoms with Gasteiger partial charge in [0, 0.05) is 43.9 Å². The van der Waals surface area contributed by atoms with Gasteiger partial charge in [0.2, 0.25) is 0 Å². The normalized spacial score (nSPS) is 15.7. The van der Waals surface area contributed by atoms with Gasteiger partial charge in [-0.05, 0) is 43.0 Å². The van der Waals surface area contributed by atoms with E-state index < -0.39 is 6.10 Å². The van der Waals surface area contributed by atoms with Crippen LogP contribution in [0.3, 0.4) is 0 Å². The van der Waals surface area contributed by atoms with Crippen molar-refractivity contribution in [1.29, 1.82) is 0 Å². The van der Waals surface area contributed by atoms with Crippen molar-refractivity contribution < 1.29 is 19.1 Å². The lowest BCUT2D eigenvalue weighted by molar-refractivity contribution is -0.0254. The fourth-order valence-electron chi connectivity index (χ4n) is 3.76. The Balaban J connectivity index is 1.36. The predicted molar refractivity (Wildman–Crippen MR) is 120 cm³/mol. The number of hydrogen-bond acceptors (Lipinski definition) is 7. The molecular weight excluding hydrogens is 394 g/mol. The van der Waals surface area contributed by atoms with Crippen molar-refractivity contribution in [3.05, 3.63) is 52.7 Å². The SMILES string of the molecule is CCc1cc2c(nc1CC)CCN(CC/C(C)=N/OC[C@@H](O)COCc1ccco1)C2. The van der Waals surface area contributed by atoms with Crippen LogP contribution in [-0.4, -0.2) is 53.1 Å². The molecule has 1 aliphatic rings. The molecule has 0 unspecified atom stereocenters. The number of furan rings is 1. The summed E-state index contributed by atoms with van der Waals surface area (Å²) in [5, 5.41) is 14.1. The fourth-order valence-corrected chi connectivity index (χ4v) is 3.76. The summed E-state index contributed by atoms with van der Waals surface area (Å²) < 4.78 is 10.6. The van der Waals surface area contributed by atoms with Gasteiger partial charge in [-0.15, -0.1) is 0 Å². The van der Waals surface area contributed by atoms with E-state index >= 15 is 0 Å². The molecule has 0 spiro atoms. The molecule has 0 saturated carbocycles. The van der Waals surface area contributed by atoms with Gasteiger partial charge in [0.1, 0.15) is 25.1 Å². The molecule has 31 heavy (non-hydrogen) atoms. The highest BCUT2D eigenvalue weighted by Crippen LogP contribution is 2.21. The van der Waals surface area contributed by atoms with Gasteiger partial charge in [-0.2, -0.15) is 0 Å².